The number of hydrogen-bond acceptors (Lipinski definition) is 8. The second-order valence-electron chi connectivity index (χ2n) is 11.0. The number of amides is 2. The third-order valence-corrected chi connectivity index (χ3v) is 11.7. The highest BCUT2D eigenvalue weighted by Gasteiger charge is 2.54. The van der Waals surface area contributed by atoms with Crippen molar-refractivity contribution in [2.24, 2.45) is 0 Å². The monoisotopic (exact) mass is 676 g/mol. The van der Waals surface area contributed by atoms with E-state index < -0.39 is 23.5 Å². The van der Waals surface area contributed by atoms with Crippen LogP contribution >= 0.6 is 34.9 Å². The molecule has 0 spiro atoms. The zero-order valence-electron chi connectivity index (χ0n) is 24.9. The molecule has 1 unspecified atom stereocenters. The van der Waals surface area contributed by atoms with E-state index in [1.807, 2.05) is 109 Å². The molecule has 7 rings (SSSR count). The van der Waals surface area contributed by atoms with E-state index in [9.17, 15) is 19.2 Å². The van der Waals surface area contributed by atoms with Gasteiger partial charge in [-0.05, 0) is 28.8 Å². The number of esters is 1. The maximum atomic E-state index is 14.3. The standard InChI is InChI=1S/C37H28N2O5S3/c40-27-21-31(46-28-19-11-10-18-26(27)28)47-29-22-45-36-32(38-30(41)20-23-12-4-1-5-13-23)35(42)39(36)33(29)37(43)44-34(24-14-6-2-7-15-24)25-16-8-3-9-17-25/h1-19,21,32,34,36H,20,22H2,(H,38,41)/t32?,36-/m0/s1. The minimum Gasteiger partial charge on any atom is -0.448 e. The Morgan fingerprint density at radius 1 is 0.851 bits per heavy atom. The first kappa shape index (κ1) is 31.0. The number of hydrogen-bond donors (Lipinski definition) is 1. The Hall–Kier alpha value is -4.64. The highest BCUT2D eigenvalue weighted by atomic mass is 32.2. The fourth-order valence-corrected chi connectivity index (χ4v) is 9.53. The lowest BCUT2D eigenvalue weighted by atomic mass is 10.0. The van der Waals surface area contributed by atoms with Crippen molar-refractivity contribution in [2.75, 3.05) is 5.75 Å². The molecule has 2 atom stereocenters. The van der Waals surface area contributed by atoms with Crippen LogP contribution in [-0.2, 0) is 25.5 Å². The van der Waals surface area contributed by atoms with Gasteiger partial charge in [0, 0.05) is 26.8 Å². The fourth-order valence-electron chi connectivity index (χ4n) is 5.67. The van der Waals surface area contributed by atoms with Crippen LogP contribution in [0.2, 0.25) is 0 Å². The maximum Gasteiger partial charge on any atom is 0.356 e. The van der Waals surface area contributed by atoms with Crippen LogP contribution in [0.25, 0.3) is 10.1 Å². The van der Waals surface area contributed by atoms with Crippen LogP contribution in [-0.4, -0.2) is 39.9 Å². The van der Waals surface area contributed by atoms with E-state index in [1.165, 1.54) is 39.8 Å². The van der Waals surface area contributed by atoms with Crippen molar-refractivity contribution in [3.05, 3.63) is 159 Å². The van der Waals surface area contributed by atoms with Crippen molar-refractivity contribution in [2.45, 2.75) is 28.1 Å². The summed E-state index contributed by atoms with van der Waals surface area (Å²) in [6, 6.07) is 36.5. The molecule has 3 heterocycles. The molecule has 1 N–H and O–H groups in total. The lowest BCUT2D eigenvalue weighted by molar-refractivity contribution is -0.154. The summed E-state index contributed by atoms with van der Waals surface area (Å²) in [4.78, 5) is 56.0. The Morgan fingerprint density at radius 2 is 1.47 bits per heavy atom. The number of carbonyl (C=O) groups is 3. The Morgan fingerprint density at radius 3 is 2.15 bits per heavy atom. The molecule has 47 heavy (non-hydrogen) atoms. The van der Waals surface area contributed by atoms with E-state index in [4.69, 9.17) is 4.74 Å². The van der Waals surface area contributed by atoms with E-state index in [-0.39, 0.29) is 29.4 Å². The van der Waals surface area contributed by atoms with Gasteiger partial charge in [-0.2, -0.15) is 0 Å². The molecule has 2 aliphatic heterocycles. The third-order valence-electron chi connectivity index (χ3n) is 7.92. The van der Waals surface area contributed by atoms with Gasteiger partial charge in [0.25, 0.3) is 5.91 Å². The molecule has 4 aromatic carbocycles. The van der Waals surface area contributed by atoms with Gasteiger partial charge < -0.3 is 10.1 Å². The average molecular weight is 677 g/mol. The number of carbonyl (C=O) groups excluding carboxylic acids is 3. The first-order valence-electron chi connectivity index (χ1n) is 15.0. The Kier molecular flexibility index (Phi) is 8.97. The number of rotatable bonds is 9. The number of β-lactam (4-membered cyclic amide) rings is 1. The Labute approximate surface area is 283 Å². The number of thioether (sulfide) groups is 2. The zero-order chi connectivity index (χ0) is 32.3. The van der Waals surface area contributed by atoms with Crippen molar-refractivity contribution in [1.82, 2.24) is 10.2 Å². The summed E-state index contributed by atoms with van der Waals surface area (Å²) in [7, 11) is 0. The second-order valence-corrected chi connectivity index (χ2v) is 14.6. The topological polar surface area (TPSA) is 92.8 Å². The van der Waals surface area contributed by atoms with Crippen LogP contribution in [0.4, 0.5) is 0 Å². The second kappa shape index (κ2) is 13.6. The summed E-state index contributed by atoms with van der Waals surface area (Å²) in [5.41, 5.74) is 2.45. The first-order chi connectivity index (χ1) is 23.0. The summed E-state index contributed by atoms with van der Waals surface area (Å²) < 4.78 is 7.80. The van der Waals surface area contributed by atoms with Gasteiger partial charge in [0.2, 0.25) is 5.91 Å². The largest absolute Gasteiger partial charge is 0.448 e. The number of fused-ring (bicyclic) bond motifs is 2. The van der Waals surface area contributed by atoms with Crippen molar-refractivity contribution in [1.29, 1.82) is 0 Å². The van der Waals surface area contributed by atoms with Crippen LogP contribution in [0.3, 0.4) is 0 Å². The number of benzene rings is 4. The van der Waals surface area contributed by atoms with Gasteiger partial charge in [-0.3, -0.25) is 19.3 Å². The van der Waals surface area contributed by atoms with Crippen LogP contribution in [0, 0.1) is 0 Å². The van der Waals surface area contributed by atoms with Gasteiger partial charge in [-0.15, -0.1) is 23.1 Å². The zero-order valence-corrected chi connectivity index (χ0v) is 27.4. The molecule has 234 valence electrons. The molecule has 2 aliphatic rings. The van der Waals surface area contributed by atoms with E-state index in [0.717, 1.165) is 21.4 Å². The Balaban J connectivity index is 1.22. The van der Waals surface area contributed by atoms with Crippen LogP contribution in [0.1, 0.15) is 22.8 Å². The molecular weight excluding hydrogens is 649 g/mol. The SMILES string of the molecule is O=C(Cc1ccccc1)NC1C(=O)N2C(C(=O)OC(c3ccccc3)c3ccccc3)=C(Sc3cc(=O)c4ccccc4s3)CS[C@@H]12. The molecule has 10 heteroatoms. The van der Waals surface area contributed by atoms with Gasteiger partial charge in [0.05, 0.1) is 10.6 Å². The number of nitrogens with one attached hydrogen (secondary N) is 1. The predicted octanol–water partition coefficient (Wildman–Crippen LogP) is 6.54. The normalized spacial score (nSPS) is 17.3. The van der Waals surface area contributed by atoms with Crippen molar-refractivity contribution in [3.8, 4) is 0 Å². The molecule has 1 fully saturated rings. The molecule has 1 aromatic heterocycles. The molecule has 0 radical (unpaired) electrons. The van der Waals surface area contributed by atoms with Gasteiger partial charge in [0.1, 0.15) is 17.1 Å². The van der Waals surface area contributed by atoms with Gasteiger partial charge >= 0.3 is 5.97 Å². The Bertz CT molecular complexity index is 2010. The smallest absolute Gasteiger partial charge is 0.356 e. The minimum absolute atomic E-state index is 0.109. The van der Waals surface area contributed by atoms with Crippen LogP contribution < -0.4 is 10.7 Å². The molecule has 0 bridgehead atoms. The maximum absolute atomic E-state index is 14.3. The molecule has 1 saturated heterocycles. The molecule has 7 nitrogen and oxygen atoms in total. The molecule has 0 aliphatic carbocycles. The summed E-state index contributed by atoms with van der Waals surface area (Å²) in [6.45, 7) is 0. The van der Waals surface area contributed by atoms with Crippen LogP contribution in [0.15, 0.2) is 141 Å². The number of ether oxygens (including phenoxy) is 1. The highest BCUT2D eigenvalue weighted by molar-refractivity contribution is 8.07. The van der Waals surface area contributed by atoms with E-state index in [0.29, 0.717) is 20.3 Å². The quantitative estimate of drug-likeness (QED) is 0.140. The first-order valence-corrected chi connectivity index (χ1v) is 17.7. The summed E-state index contributed by atoms with van der Waals surface area (Å²) in [6.07, 6.45) is -0.573. The van der Waals surface area contributed by atoms with Gasteiger partial charge in [0.15, 0.2) is 11.5 Å². The number of nitrogens with zero attached hydrogens (tertiary/aromatic N) is 1. The minimum atomic E-state index is -0.777. The van der Waals surface area contributed by atoms with E-state index in [2.05, 4.69) is 5.32 Å². The lowest BCUT2D eigenvalue weighted by Crippen LogP contribution is -2.70. The van der Waals surface area contributed by atoms with Crippen molar-refractivity contribution < 1.29 is 19.1 Å². The van der Waals surface area contributed by atoms with E-state index >= 15 is 0 Å². The highest BCUT2D eigenvalue weighted by Crippen LogP contribution is 2.47. The van der Waals surface area contributed by atoms with Crippen molar-refractivity contribution in [3.63, 3.8) is 0 Å². The summed E-state index contributed by atoms with van der Waals surface area (Å²) in [5, 5.41) is 3.04. The molecular formula is C37H28N2O5S3. The lowest BCUT2D eigenvalue weighted by Gasteiger charge is -2.49. The van der Waals surface area contributed by atoms with Crippen molar-refractivity contribution >= 4 is 62.7 Å². The third kappa shape index (κ3) is 6.49. The van der Waals surface area contributed by atoms with Gasteiger partial charge in [-0.25, -0.2) is 4.79 Å². The molecule has 2 amide bonds. The summed E-state index contributed by atoms with van der Waals surface area (Å²) in [5.74, 6) is -0.899. The fraction of sp³-hybridized carbons (Fsp3) is 0.135. The predicted molar refractivity (Wildman–Crippen MR) is 187 cm³/mol. The molecule has 5 aromatic rings. The summed E-state index contributed by atoms with van der Waals surface area (Å²) >= 11 is 4.23. The van der Waals surface area contributed by atoms with Gasteiger partial charge in [-0.1, -0.05) is 115 Å². The van der Waals surface area contributed by atoms with Crippen LogP contribution in [0.5, 0.6) is 0 Å². The molecule has 0 saturated carbocycles. The average Bonchev–Trinajstić information content (AvgIpc) is 3.10. The van der Waals surface area contributed by atoms with E-state index in [1.54, 1.807) is 12.1 Å².